The van der Waals surface area contributed by atoms with Crippen molar-refractivity contribution in [3.8, 4) is 0 Å². The summed E-state index contributed by atoms with van der Waals surface area (Å²) in [4.78, 5) is 29.9. The summed E-state index contributed by atoms with van der Waals surface area (Å²) in [6.45, 7) is 5.30. The summed E-state index contributed by atoms with van der Waals surface area (Å²) in [5, 5.41) is 3.34. The molecular formula is C16H22N4O2. The molecule has 0 aromatic carbocycles. The van der Waals surface area contributed by atoms with E-state index >= 15 is 0 Å². The van der Waals surface area contributed by atoms with E-state index in [1.165, 1.54) is 0 Å². The Labute approximate surface area is 130 Å². The molecule has 3 heterocycles. The molecule has 118 valence electrons. The highest BCUT2D eigenvalue weighted by molar-refractivity contribution is 5.92. The van der Waals surface area contributed by atoms with Gasteiger partial charge >= 0.3 is 0 Å². The number of hydrogen-bond donors (Lipinski definition) is 1. The van der Waals surface area contributed by atoms with E-state index in [0.717, 1.165) is 31.8 Å². The number of amides is 1. The van der Waals surface area contributed by atoms with Gasteiger partial charge in [0.25, 0.3) is 0 Å². The average molecular weight is 302 g/mol. The van der Waals surface area contributed by atoms with Crippen LogP contribution in [0.2, 0.25) is 0 Å². The second kappa shape index (κ2) is 6.44. The molecule has 1 N–H and O–H groups in total. The molecule has 1 aromatic rings. The smallest absolute Gasteiger partial charge is 0.246 e. The Morgan fingerprint density at radius 3 is 3.00 bits per heavy atom. The van der Waals surface area contributed by atoms with Crippen molar-refractivity contribution in [2.45, 2.75) is 32.9 Å². The van der Waals surface area contributed by atoms with Crippen LogP contribution in [-0.4, -0.2) is 45.8 Å². The quantitative estimate of drug-likeness (QED) is 0.668. The maximum Gasteiger partial charge on any atom is 0.246 e. The zero-order valence-corrected chi connectivity index (χ0v) is 12.9. The van der Waals surface area contributed by atoms with Crippen molar-refractivity contribution < 1.29 is 9.59 Å². The van der Waals surface area contributed by atoms with Crippen molar-refractivity contribution in [1.82, 2.24) is 19.8 Å². The van der Waals surface area contributed by atoms with E-state index in [1.807, 2.05) is 10.6 Å². The van der Waals surface area contributed by atoms with E-state index in [1.54, 1.807) is 24.1 Å². The number of rotatable bonds is 3. The number of carbonyl (C=O) groups is 2. The second-order valence-electron chi connectivity index (χ2n) is 5.99. The Morgan fingerprint density at radius 2 is 2.27 bits per heavy atom. The fraction of sp³-hybridized carbons (Fsp3) is 0.562. The van der Waals surface area contributed by atoms with Crippen LogP contribution in [0, 0.1) is 5.92 Å². The predicted octanol–water partition coefficient (Wildman–Crippen LogP) is 0.984. The van der Waals surface area contributed by atoms with Gasteiger partial charge in [0.15, 0.2) is 5.78 Å². The van der Waals surface area contributed by atoms with Gasteiger partial charge < -0.3 is 14.8 Å². The van der Waals surface area contributed by atoms with Crippen LogP contribution in [0.3, 0.4) is 0 Å². The summed E-state index contributed by atoms with van der Waals surface area (Å²) in [5.74, 6) is 1.29. The summed E-state index contributed by atoms with van der Waals surface area (Å²) in [6.07, 6.45) is 7.63. The molecular weight excluding hydrogens is 280 g/mol. The summed E-state index contributed by atoms with van der Waals surface area (Å²) >= 11 is 0. The number of piperidine rings is 1. The average Bonchev–Trinajstić information content (AvgIpc) is 2.97. The first-order valence-corrected chi connectivity index (χ1v) is 7.88. The molecule has 3 rings (SSSR count). The Kier molecular flexibility index (Phi) is 4.38. The van der Waals surface area contributed by atoms with Gasteiger partial charge in [-0.15, -0.1) is 0 Å². The molecule has 0 radical (unpaired) electrons. The lowest BCUT2D eigenvalue weighted by Gasteiger charge is -2.27. The van der Waals surface area contributed by atoms with Gasteiger partial charge in [-0.1, -0.05) is 6.08 Å². The molecule has 0 aliphatic carbocycles. The SMILES string of the molecule is CC(=O)c1cnc2n1CCN(C(=O)/C=C/C1CCCNC1)C2. The molecule has 1 unspecified atom stereocenters. The fourth-order valence-corrected chi connectivity index (χ4v) is 3.10. The van der Waals surface area contributed by atoms with Crippen molar-refractivity contribution >= 4 is 11.7 Å². The first-order valence-electron chi connectivity index (χ1n) is 7.88. The highest BCUT2D eigenvalue weighted by atomic mass is 16.2. The molecule has 0 spiro atoms. The largest absolute Gasteiger partial charge is 0.330 e. The lowest BCUT2D eigenvalue weighted by Crippen LogP contribution is -2.38. The van der Waals surface area contributed by atoms with Crippen LogP contribution < -0.4 is 5.32 Å². The number of nitrogens with zero attached hydrogens (tertiary/aromatic N) is 3. The molecule has 0 bridgehead atoms. The minimum atomic E-state index is 0.0169. The number of carbonyl (C=O) groups excluding carboxylic acids is 2. The van der Waals surface area contributed by atoms with E-state index in [-0.39, 0.29) is 11.7 Å². The summed E-state index contributed by atoms with van der Waals surface area (Å²) in [7, 11) is 0. The van der Waals surface area contributed by atoms with Crippen molar-refractivity contribution in [1.29, 1.82) is 0 Å². The van der Waals surface area contributed by atoms with Crippen LogP contribution >= 0.6 is 0 Å². The molecule has 2 aliphatic rings. The van der Waals surface area contributed by atoms with Crippen molar-refractivity contribution in [3.05, 3.63) is 29.9 Å². The first kappa shape index (κ1) is 15.0. The van der Waals surface area contributed by atoms with Crippen LogP contribution in [0.25, 0.3) is 0 Å². The van der Waals surface area contributed by atoms with Gasteiger partial charge in [0, 0.05) is 26.6 Å². The van der Waals surface area contributed by atoms with Crippen LogP contribution in [0.15, 0.2) is 18.3 Å². The minimum Gasteiger partial charge on any atom is -0.330 e. The van der Waals surface area contributed by atoms with Gasteiger partial charge in [-0.3, -0.25) is 9.59 Å². The number of ketones is 1. The maximum atomic E-state index is 12.3. The third kappa shape index (κ3) is 3.11. The van der Waals surface area contributed by atoms with Gasteiger partial charge in [0.1, 0.15) is 11.5 Å². The lowest BCUT2D eigenvalue weighted by molar-refractivity contribution is -0.127. The lowest BCUT2D eigenvalue weighted by atomic mass is 9.99. The zero-order chi connectivity index (χ0) is 15.5. The Balaban J connectivity index is 1.62. The van der Waals surface area contributed by atoms with E-state index in [4.69, 9.17) is 0 Å². The van der Waals surface area contributed by atoms with Crippen molar-refractivity contribution in [2.24, 2.45) is 5.92 Å². The molecule has 1 fully saturated rings. The predicted molar refractivity (Wildman–Crippen MR) is 82.4 cm³/mol. The number of aromatic nitrogens is 2. The number of nitrogens with one attached hydrogen (secondary N) is 1. The van der Waals surface area contributed by atoms with E-state index in [9.17, 15) is 9.59 Å². The monoisotopic (exact) mass is 302 g/mol. The molecule has 1 amide bonds. The normalized spacial score (nSPS) is 21.9. The first-order chi connectivity index (χ1) is 10.6. The van der Waals surface area contributed by atoms with Gasteiger partial charge in [-0.25, -0.2) is 4.98 Å². The van der Waals surface area contributed by atoms with Gasteiger partial charge in [-0.05, 0) is 31.4 Å². The molecule has 1 aromatic heterocycles. The Bertz CT molecular complexity index is 599. The summed E-state index contributed by atoms with van der Waals surface area (Å²) < 4.78 is 1.92. The van der Waals surface area contributed by atoms with Crippen LogP contribution in [-0.2, 0) is 17.9 Å². The van der Waals surface area contributed by atoms with Gasteiger partial charge in [-0.2, -0.15) is 0 Å². The van der Waals surface area contributed by atoms with Crippen molar-refractivity contribution in [3.63, 3.8) is 0 Å². The van der Waals surface area contributed by atoms with Crippen LogP contribution in [0.4, 0.5) is 0 Å². The fourth-order valence-electron chi connectivity index (χ4n) is 3.10. The standard InChI is InChI=1S/C16H22N4O2/c1-12(21)14-10-18-15-11-19(7-8-20(14)15)16(22)5-4-13-3-2-6-17-9-13/h4-5,10,13,17H,2-3,6-9,11H2,1H3/b5-4+. The Morgan fingerprint density at radius 1 is 1.41 bits per heavy atom. The molecule has 22 heavy (non-hydrogen) atoms. The van der Waals surface area contributed by atoms with E-state index < -0.39 is 0 Å². The molecule has 6 nitrogen and oxygen atoms in total. The molecule has 1 saturated heterocycles. The van der Waals surface area contributed by atoms with Crippen LogP contribution in [0.5, 0.6) is 0 Å². The minimum absolute atomic E-state index is 0.0169. The van der Waals surface area contributed by atoms with Crippen LogP contribution in [0.1, 0.15) is 36.1 Å². The van der Waals surface area contributed by atoms with E-state index in [2.05, 4.69) is 10.3 Å². The van der Waals surface area contributed by atoms with Crippen molar-refractivity contribution in [2.75, 3.05) is 19.6 Å². The number of hydrogen-bond acceptors (Lipinski definition) is 4. The molecule has 0 saturated carbocycles. The third-order valence-electron chi connectivity index (χ3n) is 4.38. The highest BCUT2D eigenvalue weighted by Crippen LogP contribution is 2.16. The zero-order valence-electron chi connectivity index (χ0n) is 12.9. The highest BCUT2D eigenvalue weighted by Gasteiger charge is 2.23. The van der Waals surface area contributed by atoms with Gasteiger partial charge in [0.2, 0.25) is 5.91 Å². The number of fused-ring (bicyclic) bond motifs is 1. The second-order valence-corrected chi connectivity index (χ2v) is 5.99. The number of imidazole rings is 1. The Hall–Kier alpha value is -1.95. The maximum absolute atomic E-state index is 12.3. The topological polar surface area (TPSA) is 67.2 Å². The number of Topliss-reactive ketones (excluding diaryl/α,β-unsaturated/α-hetero) is 1. The summed E-state index contributed by atoms with van der Waals surface area (Å²) in [6, 6.07) is 0. The van der Waals surface area contributed by atoms with E-state index in [0.29, 0.717) is 31.2 Å². The molecule has 6 heteroatoms. The third-order valence-corrected chi connectivity index (χ3v) is 4.38. The summed E-state index contributed by atoms with van der Waals surface area (Å²) in [5.41, 5.74) is 0.630. The molecule has 2 aliphatic heterocycles. The van der Waals surface area contributed by atoms with Gasteiger partial charge in [0.05, 0.1) is 12.7 Å². The molecule has 1 atom stereocenters.